The van der Waals surface area contributed by atoms with Crippen molar-refractivity contribution in [2.75, 3.05) is 19.5 Å². The van der Waals surface area contributed by atoms with E-state index in [1.807, 2.05) is 0 Å². The van der Waals surface area contributed by atoms with Crippen LogP contribution < -0.4 is 0 Å². The Labute approximate surface area is 71.0 Å². The Bertz CT molecular complexity index is 81.3. The molecule has 0 aliphatic heterocycles. The normalized spacial score (nSPS) is 12.6. The average molecular weight is 211 g/mol. The zero-order valence-electron chi connectivity index (χ0n) is 6.98. The minimum Gasteiger partial charge on any atom is -0.352 e. The van der Waals surface area contributed by atoms with Gasteiger partial charge in [-0.2, -0.15) is 0 Å². The van der Waals surface area contributed by atoms with Gasteiger partial charge in [0.15, 0.2) is 5.79 Å². The van der Waals surface area contributed by atoms with Gasteiger partial charge in [0.25, 0.3) is 0 Å². The summed E-state index contributed by atoms with van der Waals surface area (Å²) < 4.78 is 10.5. The van der Waals surface area contributed by atoms with Gasteiger partial charge in [-0.25, -0.2) is 0 Å². The maximum atomic E-state index is 5.23. The first kappa shape index (κ1) is 10.4. The van der Waals surface area contributed by atoms with Gasteiger partial charge in [-0.05, 0) is 0 Å². The van der Waals surface area contributed by atoms with Gasteiger partial charge in [0.05, 0.1) is 5.33 Å². The molecule has 0 aromatic rings. The molecule has 0 spiro atoms. The molecular weight excluding hydrogens is 196 g/mol. The third-order valence-corrected chi connectivity index (χ3v) is 2.54. The topological polar surface area (TPSA) is 18.5 Å². The largest absolute Gasteiger partial charge is 0.352 e. The molecule has 0 radical (unpaired) electrons. The highest BCUT2D eigenvalue weighted by Crippen LogP contribution is 2.23. The SMILES string of the molecule is COC(CBr)(OC)C(C)C. The fraction of sp³-hybridized carbons (Fsp3) is 1.00. The smallest absolute Gasteiger partial charge is 0.179 e. The van der Waals surface area contributed by atoms with Gasteiger partial charge in [0.1, 0.15) is 0 Å². The lowest BCUT2D eigenvalue weighted by molar-refractivity contribution is -0.215. The summed E-state index contributed by atoms with van der Waals surface area (Å²) in [4.78, 5) is 0. The molecule has 0 aromatic carbocycles. The van der Waals surface area contributed by atoms with Crippen LogP contribution in [-0.4, -0.2) is 25.3 Å². The summed E-state index contributed by atoms with van der Waals surface area (Å²) in [7, 11) is 3.32. The Kier molecular flexibility index (Phi) is 4.49. The van der Waals surface area contributed by atoms with E-state index in [0.29, 0.717) is 11.2 Å². The summed E-state index contributed by atoms with van der Waals surface area (Å²) in [5.74, 6) is -0.109. The number of rotatable bonds is 4. The van der Waals surface area contributed by atoms with Gasteiger partial charge in [0, 0.05) is 20.1 Å². The van der Waals surface area contributed by atoms with Gasteiger partial charge in [0.2, 0.25) is 0 Å². The van der Waals surface area contributed by atoms with Crippen molar-refractivity contribution < 1.29 is 9.47 Å². The maximum Gasteiger partial charge on any atom is 0.179 e. The first-order valence-electron chi connectivity index (χ1n) is 3.29. The Morgan fingerprint density at radius 1 is 1.30 bits per heavy atom. The van der Waals surface area contributed by atoms with Gasteiger partial charge in [-0.15, -0.1) is 0 Å². The van der Waals surface area contributed by atoms with Crippen molar-refractivity contribution in [2.45, 2.75) is 19.6 Å². The Hall–Kier alpha value is 0.400. The third kappa shape index (κ3) is 1.94. The summed E-state index contributed by atoms with van der Waals surface area (Å²) >= 11 is 3.34. The fourth-order valence-corrected chi connectivity index (χ4v) is 1.92. The van der Waals surface area contributed by atoms with Crippen molar-refractivity contribution in [2.24, 2.45) is 5.92 Å². The quantitative estimate of drug-likeness (QED) is 0.523. The molecule has 0 unspecified atom stereocenters. The minimum absolute atomic E-state index is 0.349. The highest BCUT2D eigenvalue weighted by molar-refractivity contribution is 9.09. The second-order valence-electron chi connectivity index (χ2n) is 2.51. The molecule has 2 nitrogen and oxygen atoms in total. The number of hydrogen-bond donors (Lipinski definition) is 0. The molecule has 3 heteroatoms. The molecule has 0 atom stereocenters. The monoisotopic (exact) mass is 210 g/mol. The molecule has 0 saturated heterocycles. The molecule has 0 heterocycles. The number of hydrogen-bond acceptors (Lipinski definition) is 2. The van der Waals surface area contributed by atoms with Gasteiger partial charge in [-0.3, -0.25) is 0 Å². The third-order valence-electron chi connectivity index (χ3n) is 1.76. The minimum atomic E-state index is -0.458. The first-order chi connectivity index (χ1) is 4.63. The van der Waals surface area contributed by atoms with Gasteiger partial charge in [-0.1, -0.05) is 29.8 Å². The van der Waals surface area contributed by atoms with E-state index in [9.17, 15) is 0 Å². The lowest BCUT2D eigenvalue weighted by atomic mass is 10.1. The zero-order valence-corrected chi connectivity index (χ0v) is 8.56. The number of alkyl halides is 1. The van der Waals surface area contributed by atoms with Crippen LogP contribution in [0.2, 0.25) is 0 Å². The zero-order chi connectivity index (χ0) is 8.20. The number of halogens is 1. The summed E-state index contributed by atoms with van der Waals surface area (Å²) in [6.07, 6.45) is 0. The molecule has 0 saturated carbocycles. The Morgan fingerprint density at radius 2 is 1.70 bits per heavy atom. The predicted octanol–water partition coefficient (Wildman–Crippen LogP) is 2.03. The van der Waals surface area contributed by atoms with Crippen LogP contribution in [-0.2, 0) is 9.47 Å². The fourth-order valence-electron chi connectivity index (χ4n) is 0.818. The van der Waals surface area contributed by atoms with E-state index in [1.165, 1.54) is 0 Å². The van der Waals surface area contributed by atoms with Crippen LogP contribution in [0.3, 0.4) is 0 Å². The number of methoxy groups -OCH3 is 2. The standard InChI is InChI=1S/C7H15BrO2/c1-6(2)7(5-8,9-3)10-4/h6H,5H2,1-4H3. The molecule has 0 rings (SSSR count). The van der Waals surface area contributed by atoms with E-state index in [4.69, 9.17) is 9.47 Å². The summed E-state index contributed by atoms with van der Waals surface area (Å²) in [6.45, 7) is 4.13. The highest BCUT2D eigenvalue weighted by atomic mass is 79.9. The second-order valence-corrected chi connectivity index (χ2v) is 3.07. The van der Waals surface area contributed by atoms with E-state index in [0.717, 1.165) is 0 Å². The summed E-state index contributed by atoms with van der Waals surface area (Å²) in [5, 5.41) is 0.699. The summed E-state index contributed by atoms with van der Waals surface area (Å²) in [6, 6.07) is 0. The van der Waals surface area contributed by atoms with Crippen LogP contribution in [0.25, 0.3) is 0 Å². The van der Waals surface area contributed by atoms with Crippen LogP contribution in [0.4, 0.5) is 0 Å². The number of ether oxygens (including phenoxy) is 2. The molecule has 0 aliphatic carbocycles. The van der Waals surface area contributed by atoms with Crippen molar-refractivity contribution in [3.63, 3.8) is 0 Å². The lowest BCUT2D eigenvalue weighted by Gasteiger charge is -2.32. The van der Waals surface area contributed by atoms with Crippen molar-refractivity contribution in [3.05, 3.63) is 0 Å². The van der Waals surface area contributed by atoms with Crippen LogP contribution in [0.5, 0.6) is 0 Å². The second kappa shape index (κ2) is 4.31. The van der Waals surface area contributed by atoms with Crippen molar-refractivity contribution >= 4 is 15.9 Å². The van der Waals surface area contributed by atoms with E-state index in [-0.39, 0.29) is 0 Å². The van der Waals surface area contributed by atoms with E-state index >= 15 is 0 Å². The van der Waals surface area contributed by atoms with Crippen LogP contribution in [0, 0.1) is 5.92 Å². The summed E-state index contributed by atoms with van der Waals surface area (Å²) in [5.41, 5.74) is 0. The molecule has 0 N–H and O–H groups in total. The molecule has 0 amide bonds. The Balaban J connectivity index is 4.15. The van der Waals surface area contributed by atoms with E-state index < -0.39 is 5.79 Å². The van der Waals surface area contributed by atoms with E-state index in [2.05, 4.69) is 29.8 Å². The van der Waals surface area contributed by atoms with Crippen molar-refractivity contribution in [1.82, 2.24) is 0 Å². The molecule has 0 aromatic heterocycles. The molecule has 10 heavy (non-hydrogen) atoms. The molecular formula is C7H15BrO2. The molecule has 62 valence electrons. The molecule has 0 aliphatic rings. The first-order valence-corrected chi connectivity index (χ1v) is 4.41. The van der Waals surface area contributed by atoms with Crippen LogP contribution in [0.15, 0.2) is 0 Å². The van der Waals surface area contributed by atoms with Crippen LogP contribution in [0.1, 0.15) is 13.8 Å². The highest BCUT2D eigenvalue weighted by Gasteiger charge is 2.31. The maximum absolute atomic E-state index is 5.23. The van der Waals surface area contributed by atoms with Gasteiger partial charge >= 0.3 is 0 Å². The predicted molar refractivity (Wildman–Crippen MR) is 45.4 cm³/mol. The van der Waals surface area contributed by atoms with Gasteiger partial charge < -0.3 is 9.47 Å². The average Bonchev–Trinajstić information content (AvgIpc) is 1.92. The molecule has 0 bridgehead atoms. The molecule has 0 fully saturated rings. The van der Waals surface area contributed by atoms with Crippen molar-refractivity contribution in [3.8, 4) is 0 Å². The van der Waals surface area contributed by atoms with Crippen molar-refractivity contribution in [1.29, 1.82) is 0 Å². The van der Waals surface area contributed by atoms with E-state index in [1.54, 1.807) is 14.2 Å². The lowest BCUT2D eigenvalue weighted by Crippen LogP contribution is -2.41. The van der Waals surface area contributed by atoms with Crippen LogP contribution >= 0.6 is 15.9 Å². The Morgan fingerprint density at radius 3 is 1.70 bits per heavy atom.